The Kier molecular flexibility index (Phi) is 5.32. The van der Waals surface area contributed by atoms with Gasteiger partial charge in [-0.15, -0.1) is 0 Å². The number of amides is 2. The summed E-state index contributed by atoms with van der Waals surface area (Å²) in [5.41, 5.74) is 8.85. The molecule has 0 saturated carbocycles. The molecule has 146 valence electrons. The van der Waals surface area contributed by atoms with E-state index in [0.717, 1.165) is 17.5 Å². The maximum atomic E-state index is 13.6. The lowest BCUT2D eigenvalue weighted by molar-refractivity contribution is -0.123. The fourth-order valence-corrected chi connectivity index (χ4v) is 4.38. The Hall–Kier alpha value is -3.18. The lowest BCUT2D eigenvalue weighted by atomic mass is 9.99. The Morgan fingerprint density at radius 1 is 1.07 bits per heavy atom. The van der Waals surface area contributed by atoms with Gasteiger partial charge in [0.05, 0.1) is 6.04 Å². The number of rotatable bonds is 5. The van der Waals surface area contributed by atoms with Gasteiger partial charge in [-0.3, -0.25) is 14.6 Å². The lowest BCUT2D eigenvalue weighted by Gasteiger charge is -2.36. The molecule has 2 aromatic carbocycles. The van der Waals surface area contributed by atoms with E-state index in [0.29, 0.717) is 22.6 Å². The Labute approximate surface area is 174 Å². The topological polar surface area (TPSA) is 76.3 Å². The fourth-order valence-electron chi connectivity index (χ4n) is 4.06. The van der Waals surface area contributed by atoms with Crippen LogP contribution in [0.2, 0.25) is 5.02 Å². The van der Waals surface area contributed by atoms with Gasteiger partial charge in [-0.25, -0.2) is 0 Å². The minimum atomic E-state index is -0.955. The molecule has 0 unspecified atom stereocenters. The monoisotopic (exact) mass is 405 g/mol. The zero-order valence-corrected chi connectivity index (χ0v) is 16.4. The summed E-state index contributed by atoms with van der Waals surface area (Å²) in [4.78, 5) is 31.9. The number of hydrogen-bond acceptors (Lipinski definition) is 3. The first kappa shape index (κ1) is 19.2. The van der Waals surface area contributed by atoms with Crippen LogP contribution in [0.1, 0.15) is 45.6 Å². The smallest absolute Gasteiger partial charge is 0.255 e. The number of carbonyl (C=O) groups is 2. The average Bonchev–Trinajstić information content (AvgIpc) is 3.17. The summed E-state index contributed by atoms with van der Waals surface area (Å²) >= 11 is 6.52. The molecule has 5 nitrogen and oxygen atoms in total. The van der Waals surface area contributed by atoms with Crippen LogP contribution in [0.3, 0.4) is 0 Å². The summed E-state index contributed by atoms with van der Waals surface area (Å²) in [5, 5.41) is 0.588. The maximum absolute atomic E-state index is 13.6. The highest BCUT2D eigenvalue weighted by atomic mass is 35.5. The van der Waals surface area contributed by atoms with E-state index < -0.39 is 11.9 Å². The van der Waals surface area contributed by atoms with Crippen molar-refractivity contribution < 1.29 is 9.59 Å². The normalized spacial score (nSPS) is 16.1. The molecule has 2 amide bonds. The number of nitrogens with two attached hydrogens (primary N) is 1. The minimum absolute atomic E-state index is 0.268. The Bertz CT molecular complexity index is 1040. The molecule has 0 bridgehead atoms. The van der Waals surface area contributed by atoms with E-state index in [1.54, 1.807) is 53.7 Å². The SMILES string of the molecule is NC(=O)[C@@H](c1cccnc1)N(C(=O)c1ccccc1)[C@@H]1CCc2cccc(Cl)c21. The van der Waals surface area contributed by atoms with Gasteiger partial charge < -0.3 is 10.6 Å². The van der Waals surface area contributed by atoms with Gasteiger partial charge >= 0.3 is 0 Å². The quantitative estimate of drug-likeness (QED) is 0.694. The summed E-state index contributed by atoms with van der Waals surface area (Å²) in [6.07, 6.45) is 4.63. The molecule has 0 radical (unpaired) electrons. The van der Waals surface area contributed by atoms with Crippen molar-refractivity contribution in [2.45, 2.75) is 24.9 Å². The van der Waals surface area contributed by atoms with Gasteiger partial charge in [0.15, 0.2) is 0 Å². The van der Waals surface area contributed by atoms with Gasteiger partial charge in [0.1, 0.15) is 6.04 Å². The van der Waals surface area contributed by atoms with Gasteiger partial charge in [-0.1, -0.05) is 48.0 Å². The van der Waals surface area contributed by atoms with Crippen LogP contribution in [0.15, 0.2) is 73.1 Å². The molecule has 0 spiro atoms. The van der Waals surface area contributed by atoms with Crippen molar-refractivity contribution in [2.75, 3.05) is 0 Å². The molecule has 1 aliphatic carbocycles. The van der Waals surface area contributed by atoms with Gasteiger partial charge in [-0.05, 0) is 48.2 Å². The van der Waals surface area contributed by atoms with Crippen LogP contribution in [0.5, 0.6) is 0 Å². The van der Waals surface area contributed by atoms with Crippen LogP contribution < -0.4 is 5.73 Å². The van der Waals surface area contributed by atoms with Crippen LogP contribution in [0.25, 0.3) is 0 Å². The van der Waals surface area contributed by atoms with Crippen molar-refractivity contribution in [3.8, 4) is 0 Å². The highest BCUT2D eigenvalue weighted by molar-refractivity contribution is 6.31. The van der Waals surface area contributed by atoms with E-state index >= 15 is 0 Å². The van der Waals surface area contributed by atoms with Crippen molar-refractivity contribution in [1.82, 2.24) is 9.88 Å². The number of carbonyl (C=O) groups excluding carboxylic acids is 2. The molecule has 4 rings (SSSR count). The molecule has 0 fully saturated rings. The number of aryl methyl sites for hydroxylation is 1. The molecule has 1 aliphatic rings. The molecular weight excluding hydrogens is 386 g/mol. The van der Waals surface area contributed by atoms with Gasteiger partial charge in [-0.2, -0.15) is 0 Å². The molecular formula is C23H20ClN3O2. The van der Waals surface area contributed by atoms with E-state index in [9.17, 15) is 9.59 Å². The lowest BCUT2D eigenvalue weighted by Crippen LogP contribution is -2.43. The largest absolute Gasteiger partial charge is 0.368 e. The number of pyridine rings is 1. The highest BCUT2D eigenvalue weighted by Crippen LogP contribution is 2.44. The Morgan fingerprint density at radius 3 is 2.55 bits per heavy atom. The van der Waals surface area contributed by atoms with Gasteiger partial charge in [0, 0.05) is 28.5 Å². The first-order valence-electron chi connectivity index (χ1n) is 9.42. The molecule has 0 aliphatic heterocycles. The van der Waals surface area contributed by atoms with Crippen molar-refractivity contribution in [1.29, 1.82) is 0 Å². The summed E-state index contributed by atoms with van der Waals surface area (Å²) in [5.74, 6) is -0.876. The molecule has 1 heterocycles. The fraction of sp³-hybridized carbons (Fsp3) is 0.174. The predicted molar refractivity (Wildman–Crippen MR) is 111 cm³/mol. The maximum Gasteiger partial charge on any atom is 0.255 e. The number of benzene rings is 2. The molecule has 6 heteroatoms. The number of hydrogen-bond donors (Lipinski definition) is 1. The van der Waals surface area contributed by atoms with Crippen LogP contribution in [0.4, 0.5) is 0 Å². The average molecular weight is 406 g/mol. The molecule has 2 atom stereocenters. The van der Waals surface area contributed by atoms with Crippen LogP contribution in [-0.2, 0) is 11.2 Å². The second kappa shape index (κ2) is 8.05. The van der Waals surface area contributed by atoms with Gasteiger partial charge in [0.2, 0.25) is 5.91 Å². The van der Waals surface area contributed by atoms with E-state index in [1.807, 2.05) is 24.3 Å². The van der Waals surface area contributed by atoms with E-state index in [-0.39, 0.29) is 11.9 Å². The van der Waals surface area contributed by atoms with Crippen molar-refractivity contribution >= 4 is 23.4 Å². The number of fused-ring (bicyclic) bond motifs is 1. The number of aromatic nitrogens is 1. The third kappa shape index (κ3) is 3.61. The summed E-state index contributed by atoms with van der Waals surface area (Å²) in [6.45, 7) is 0. The van der Waals surface area contributed by atoms with E-state index in [4.69, 9.17) is 17.3 Å². The first-order chi connectivity index (χ1) is 14.1. The summed E-state index contributed by atoms with van der Waals surface area (Å²) < 4.78 is 0. The van der Waals surface area contributed by atoms with Gasteiger partial charge in [0.25, 0.3) is 5.91 Å². The third-order valence-corrected chi connectivity index (χ3v) is 5.63. The highest BCUT2D eigenvalue weighted by Gasteiger charge is 2.40. The van der Waals surface area contributed by atoms with Crippen molar-refractivity contribution in [3.63, 3.8) is 0 Å². The van der Waals surface area contributed by atoms with E-state index in [1.165, 1.54) is 0 Å². The minimum Gasteiger partial charge on any atom is -0.368 e. The third-order valence-electron chi connectivity index (χ3n) is 5.30. The Balaban J connectivity index is 1.87. The zero-order valence-electron chi connectivity index (χ0n) is 15.7. The van der Waals surface area contributed by atoms with Crippen LogP contribution in [-0.4, -0.2) is 21.7 Å². The molecule has 3 aromatic rings. The standard InChI is InChI=1S/C23H20ClN3O2/c24-18-10-4-8-15-11-12-19(20(15)18)27(23(29)16-6-2-1-3-7-16)21(22(25)28)17-9-5-13-26-14-17/h1-10,13-14,19,21H,11-12H2,(H2,25,28)/t19-,21-/m1/s1. The Morgan fingerprint density at radius 2 is 1.86 bits per heavy atom. The number of primary amides is 1. The number of nitrogens with zero attached hydrogens (tertiary/aromatic N) is 2. The molecule has 0 saturated heterocycles. The molecule has 29 heavy (non-hydrogen) atoms. The molecule has 1 aromatic heterocycles. The first-order valence-corrected chi connectivity index (χ1v) is 9.80. The second-order valence-corrected chi connectivity index (χ2v) is 7.44. The second-order valence-electron chi connectivity index (χ2n) is 7.04. The van der Waals surface area contributed by atoms with Crippen LogP contribution >= 0.6 is 11.6 Å². The summed E-state index contributed by atoms with van der Waals surface area (Å²) in [6, 6.07) is 16.8. The van der Waals surface area contributed by atoms with Crippen LogP contribution in [0, 0.1) is 0 Å². The predicted octanol–water partition coefficient (Wildman–Crippen LogP) is 4.09. The number of halogens is 1. The zero-order chi connectivity index (χ0) is 20.4. The van der Waals surface area contributed by atoms with E-state index in [2.05, 4.69) is 4.98 Å². The molecule has 2 N–H and O–H groups in total. The van der Waals surface area contributed by atoms with Crippen molar-refractivity contribution in [2.24, 2.45) is 5.73 Å². The van der Waals surface area contributed by atoms with Crippen molar-refractivity contribution in [3.05, 3.63) is 100 Å². The summed E-state index contributed by atoms with van der Waals surface area (Å²) in [7, 11) is 0.